The molecule has 0 aliphatic carbocycles. The zero-order valence-electron chi connectivity index (χ0n) is 17.0. The monoisotopic (exact) mass is 484 g/mol. The Kier molecular flexibility index (Phi) is 6.45. The molecule has 4 rings (SSSR count). The summed E-state index contributed by atoms with van der Waals surface area (Å²) in [5.74, 6) is -0.340. The fraction of sp³-hybridized carbons (Fsp3) is 0.0870. The molecule has 2 heterocycles. The number of amides is 1. The molecule has 3 aromatic rings. The van der Waals surface area contributed by atoms with Crippen molar-refractivity contribution in [1.29, 1.82) is 0 Å². The molecule has 0 bridgehead atoms. The third kappa shape index (κ3) is 4.62. The SMILES string of the molecule is CSc1cccc(N=C2S/C(=C/c3ccc(-c4ccc(Cl)c(C(=O)O)c4)o3)C(=O)N2C)c1. The highest BCUT2D eigenvalue weighted by molar-refractivity contribution is 8.18. The smallest absolute Gasteiger partial charge is 0.337 e. The molecule has 9 heteroatoms. The van der Waals surface area contributed by atoms with Crippen LogP contribution in [0.15, 0.2) is 73.8 Å². The van der Waals surface area contributed by atoms with E-state index in [0.717, 1.165) is 10.6 Å². The van der Waals surface area contributed by atoms with Gasteiger partial charge in [-0.15, -0.1) is 11.8 Å². The van der Waals surface area contributed by atoms with E-state index in [2.05, 4.69) is 4.99 Å². The summed E-state index contributed by atoms with van der Waals surface area (Å²) in [6.07, 6.45) is 3.65. The summed E-state index contributed by atoms with van der Waals surface area (Å²) in [5.41, 5.74) is 1.35. The van der Waals surface area contributed by atoms with Crippen LogP contribution in [0.1, 0.15) is 16.1 Å². The molecule has 0 radical (unpaired) electrons. The molecule has 1 aliphatic heterocycles. The lowest BCUT2D eigenvalue weighted by Crippen LogP contribution is -2.23. The molecule has 1 fully saturated rings. The lowest BCUT2D eigenvalue weighted by atomic mass is 10.1. The van der Waals surface area contributed by atoms with Gasteiger partial charge in [0, 0.05) is 23.6 Å². The number of benzene rings is 2. The van der Waals surface area contributed by atoms with Gasteiger partial charge in [-0.1, -0.05) is 17.7 Å². The number of hydrogen-bond acceptors (Lipinski definition) is 6. The number of halogens is 1. The van der Waals surface area contributed by atoms with Crippen LogP contribution in [0.3, 0.4) is 0 Å². The number of carboxylic acids is 1. The number of amidine groups is 1. The Morgan fingerprint density at radius 2 is 2.03 bits per heavy atom. The number of aliphatic imine (C=N–C) groups is 1. The van der Waals surface area contributed by atoms with E-state index in [9.17, 15) is 14.7 Å². The second kappa shape index (κ2) is 9.28. The van der Waals surface area contributed by atoms with Crippen molar-refractivity contribution >= 4 is 63.9 Å². The molecule has 6 nitrogen and oxygen atoms in total. The average Bonchev–Trinajstić information content (AvgIpc) is 3.35. The first kappa shape index (κ1) is 22.3. The molecular weight excluding hydrogens is 468 g/mol. The van der Waals surface area contributed by atoms with Crippen LogP contribution in [0.5, 0.6) is 0 Å². The summed E-state index contributed by atoms with van der Waals surface area (Å²) in [6, 6.07) is 15.9. The maximum atomic E-state index is 12.7. The standard InChI is InChI=1S/C23H17ClN2O4S2/c1-26-21(27)20(32-23(26)25-14-4-3-5-16(11-14)31-2)12-15-7-9-19(30-15)13-6-8-18(24)17(10-13)22(28)29/h3-12H,1-2H3,(H,28,29)/b20-12+,25-23?. The maximum Gasteiger partial charge on any atom is 0.337 e. The Bertz CT molecular complexity index is 1280. The van der Waals surface area contributed by atoms with Gasteiger partial charge >= 0.3 is 5.97 Å². The van der Waals surface area contributed by atoms with E-state index >= 15 is 0 Å². The molecular formula is C23H17ClN2O4S2. The number of aromatic carboxylic acids is 1. The highest BCUT2D eigenvalue weighted by Crippen LogP contribution is 2.35. The Morgan fingerprint density at radius 3 is 2.78 bits per heavy atom. The number of furan rings is 1. The highest BCUT2D eigenvalue weighted by atomic mass is 35.5. The van der Waals surface area contributed by atoms with Crippen molar-refractivity contribution in [2.45, 2.75) is 4.90 Å². The summed E-state index contributed by atoms with van der Waals surface area (Å²) >= 11 is 8.83. The predicted molar refractivity (Wildman–Crippen MR) is 130 cm³/mol. The molecule has 1 aliphatic rings. The lowest BCUT2D eigenvalue weighted by Gasteiger charge is -2.07. The van der Waals surface area contributed by atoms with Crippen molar-refractivity contribution in [1.82, 2.24) is 4.90 Å². The number of thioether (sulfide) groups is 2. The first-order valence-corrected chi connectivity index (χ1v) is 11.8. The molecule has 0 atom stereocenters. The third-order valence-corrected chi connectivity index (χ3v) is 6.78. The third-order valence-electron chi connectivity index (χ3n) is 4.66. The Morgan fingerprint density at radius 1 is 1.22 bits per heavy atom. The molecule has 32 heavy (non-hydrogen) atoms. The molecule has 0 spiro atoms. The topological polar surface area (TPSA) is 83.1 Å². The largest absolute Gasteiger partial charge is 0.478 e. The van der Waals surface area contributed by atoms with Crippen LogP contribution in [0.4, 0.5) is 5.69 Å². The zero-order chi connectivity index (χ0) is 22.8. The van der Waals surface area contributed by atoms with Crippen molar-refractivity contribution in [3.05, 3.63) is 75.8 Å². The van der Waals surface area contributed by atoms with Crippen LogP contribution < -0.4 is 0 Å². The van der Waals surface area contributed by atoms with E-state index in [0.29, 0.717) is 27.2 Å². The number of carbonyl (C=O) groups excluding carboxylic acids is 1. The minimum Gasteiger partial charge on any atom is -0.478 e. The molecule has 1 saturated heterocycles. The molecule has 1 amide bonds. The van der Waals surface area contributed by atoms with Crippen molar-refractivity contribution in [2.75, 3.05) is 13.3 Å². The van der Waals surface area contributed by atoms with Gasteiger partial charge in [-0.3, -0.25) is 9.69 Å². The van der Waals surface area contributed by atoms with E-state index in [1.54, 1.807) is 43.1 Å². The predicted octanol–water partition coefficient (Wildman–Crippen LogP) is 6.25. The van der Waals surface area contributed by atoms with Gasteiger partial charge < -0.3 is 9.52 Å². The molecule has 0 saturated carbocycles. The Hall–Kier alpha value is -2.94. The van der Waals surface area contributed by atoms with Crippen LogP contribution in [0.2, 0.25) is 5.02 Å². The van der Waals surface area contributed by atoms with E-state index in [-0.39, 0.29) is 16.5 Å². The van der Waals surface area contributed by atoms with Gasteiger partial charge in [-0.05, 0) is 66.5 Å². The van der Waals surface area contributed by atoms with Gasteiger partial charge in [0.2, 0.25) is 0 Å². The normalized spacial score (nSPS) is 16.3. The number of likely N-dealkylation sites (N-methyl/N-ethyl adjacent to an activating group) is 1. The van der Waals surface area contributed by atoms with Crippen LogP contribution >= 0.6 is 35.1 Å². The van der Waals surface area contributed by atoms with Crippen LogP contribution in [0, 0.1) is 0 Å². The second-order valence-electron chi connectivity index (χ2n) is 6.77. The van der Waals surface area contributed by atoms with Crippen molar-refractivity contribution in [3.8, 4) is 11.3 Å². The summed E-state index contributed by atoms with van der Waals surface area (Å²) in [7, 11) is 1.68. The number of hydrogen-bond donors (Lipinski definition) is 1. The van der Waals surface area contributed by atoms with Gasteiger partial charge in [0.25, 0.3) is 5.91 Å². The quantitative estimate of drug-likeness (QED) is 0.340. The van der Waals surface area contributed by atoms with E-state index < -0.39 is 5.97 Å². The number of nitrogens with zero attached hydrogens (tertiary/aromatic N) is 2. The summed E-state index contributed by atoms with van der Waals surface area (Å²) < 4.78 is 5.83. The summed E-state index contributed by atoms with van der Waals surface area (Å²) in [6.45, 7) is 0. The fourth-order valence-electron chi connectivity index (χ4n) is 3.00. The van der Waals surface area contributed by atoms with Crippen molar-refractivity contribution in [3.63, 3.8) is 0 Å². The van der Waals surface area contributed by atoms with Gasteiger partial charge in [0.05, 0.1) is 21.2 Å². The Balaban J connectivity index is 1.59. The lowest BCUT2D eigenvalue weighted by molar-refractivity contribution is -0.121. The first-order chi connectivity index (χ1) is 15.4. The van der Waals surface area contributed by atoms with Crippen molar-refractivity contribution < 1.29 is 19.1 Å². The molecule has 0 unspecified atom stereocenters. The minimum absolute atomic E-state index is 0.00461. The van der Waals surface area contributed by atoms with Gasteiger partial charge in [-0.2, -0.15) is 0 Å². The van der Waals surface area contributed by atoms with Gasteiger partial charge in [-0.25, -0.2) is 9.79 Å². The molecule has 162 valence electrons. The van der Waals surface area contributed by atoms with E-state index in [1.807, 2.05) is 30.5 Å². The number of carbonyl (C=O) groups is 2. The second-order valence-corrected chi connectivity index (χ2v) is 9.07. The van der Waals surface area contributed by atoms with E-state index in [4.69, 9.17) is 16.0 Å². The summed E-state index contributed by atoms with van der Waals surface area (Å²) in [5, 5.41) is 10.00. The summed E-state index contributed by atoms with van der Waals surface area (Å²) in [4.78, 5) is 31.7. The highest BCUT2D eigenvalue weighted by Gasteiger charge is 2.30. The zero-order valence-corrected chi connectivity index (χ0v) is 19.4. The maximum absolute atomic E-state index is 12.7. The van der Waals surface area contributed by atoms with E-state index in [1.165, 1.54) is 28.8 Å². The fourth-order valence-corrected chi connectivity index (χ4v) is 4.62. The van der Waals surface area contributed by atoms with Crippen LogP contribution in [-0.2, 0) is 4.79 Å². The number of rotatable bonds is 5. The molecule has 1 N–H and O–H groups in total. The minimum atomic E-state index is -1.11. The van der Waals surface area contributed by atoms with Gasteiger partial charge in [0.1, 0.15) is 11.5 Å². The van der Waals surface area contributed by atoms with Gasteiger partial charge in [0.15, 0.2) is 5.17 Å². The average molecular weight is 485 g/mol. The van der Waals surface area contributed by atoms with Crippen LogP contribution in [-0.4, -0.2) is 40.4 Å². The molecule has 1 aromatic heterocycles. The Labute approximate surface area is 198 Å². The molecule has 2 aromatic carbocycles. The van der Waals surface area contributed by atoms with Crippen molar-refractivity contribution in [2.24, 2.45) is 4.99 Å². The van der Waals surface area contributed by atoms with Crippen LogP contribution in [0.25, 0.3) is 17.4 Å². The number of carboxylic acid groups (broad SMARTS) is 1. The first-order valence-electron chi connectivity index (χ1n) is 9.39.